The molecular formula is C24H54BY2-3. The normalized spacial score (nSPS) is 20.2. The largest absolute Gasteiger partial charge is 0.358 e. The van der Waals surface area contributed by atoms with Crippen molar-refractivity contribution in [1.29, 1.82) is 0 Å². The van der Waals surface area contributed by atoms with E-state index in [0.717, 1.165) is 24.3 Å². The minimum Gasteiger partial charge on any atom is -0.358 e. The van der Waals surface area contributed by atoms with E-state index in [4.69, 9.17) is 0 Å². The maximum atomic E-state index is 4.21. The first-order valence-corrected chi connectivity index (χ1v) is 10.4. The molecule has 2 rings (SSSR count). The topological polar surface area (TPSA) is 0 Å². The first kappa shape index (κ1) is 43.2. The molecule has 2 aliphatic carbocycles. The van der Waals surface area contributed by atoms with Gasteiger partial charge in [0.2, 0.25) is 0 Å². The van der Waals surface area contributed by atoms with Gasteiger partial charge in [0.1, 0.15) is 6.71 Å². The summed E-state index contributed by atoms with van der Waals surface area (Å²) in [6, 6.07) is 0. The Morgan fingerprint density at radius 3 is 1.44 bits per heavy atom. The van der Waals surface area contributed by atoms with Crippen LogP contribution in [0, 0.1) is 32.6 Å². The quantitative estimate of drug-likeness (QED) is 0.251. The van der Waals surface area contributed by atoms with Gasteiger partial charge < -0.3 is 21.3 Å². The van der Waals surface area contributed by atoms with Crippen molar-refractivity contribution >= 4 is 6.71 Å². The minimum atomic E-state index is 0. The molecule has 0 aliphatic heterocycles. The first-order valence-electron chi connectivity index (χ1n) is 10.4. The van der Waals surface area contributed by atoms with Gasteiger partial charge in [0.15, 0.2) is 0 Å². The maximum absolute atomic E-state index is 4.21. The van der Waals surface area contributed by atoms with Crippen molar-refractivity contribution in [2.45, 2.75) is 126 Å². The molecule has 2 aliphatic rings. The maximum Gasteiger partial charge on any atom is 0.116 e. The molecule has 3 heteroatoms. The third kappa shape index (κ3) is 24.4. The molecule has 0 nitrogen and oxygen atoms in total. The summed E-state index contributed by atoms with van der Waals surface area (Å²) in [5.41, 5.74) is 0.500. The Morgan fingerprint density at radius 2 is 1.19 bits per heavy atom. The van der Waals surface area contributed by atoms with E-state index in [1.165, 1.54) is 51.3 Å². The Bertz CT molecular complexity index is 239. The van der Waals surface area contributed by atoms with Crippen molar-refractivity contribution in [2.24, 2.45) is 11.3 Å². The van der Waals surface area contributed by atoms with Crippen molar-refractivity contribution in [3.8, 4) is 0 Å². The summed E-state index contributed by atoms with van der Waals surface area (Å²) < 4.78 is 0. The SMILES string of the molecule is C.CC.CC.CC(C)(C)C.[CH2-]CB(C1CCCC1)C1CCC([CH2-])C1.[CH3-].[Y].[Y]. The second kappa shape index (κ2) is 26.3. The molecule has 0 heterocycles. The van der Waals surface area contributed by atoms with Gasteiger partial charge in [-0.2, -0.15) is 5.92 Å². The molecule has 162 valence electrons. The molecule has 2 saturated carbocycles. The van der Waals surface area contributed by atoms with Gasteiger partial charge in [0, 0.05) is 65.4 Å². The Kier molecular flexibility index (Phi) is 42.1. The Balaban J connectivity index is -0.0000000743. The van der Waals surface area contributed by atoms with E-state index < -0.39 is 0 Å². The molecule has 0 amide bonds. The average molecular weight is 531 g/mol. The van der Waals surface area contributed by atoms with Crippen molar-refractivity contribution in [3.05, 3.63) is 21.3 Å². The van der Waals surface area contributed by atoms with E-state index in [9.17, 15) is 0 Å². The van der Waals surface area contributed by atoms with E-state index in [1.807, 2.05) is 27.7 Å². The van der Waals surface area contributed by atoms with Crippen LogP contribution in [0.25, 0.3) is 0 Å². The second-order valence-corrected chi connectivity index (χ2v) is 8.44. The third-order valence-electron chi connectivity index (χ3n) is 4.53. The Morgan fingerprint density at radius 1 is 0.815 bits per heavy atom. The summed E-state index contributed by atoms with van der Waals surface area (Å²) >= 11 is 0. The molecule has 0 saturated heterocycles. The van der Waals surface area contributed by atoms with Gasteiger partial charge >= 0.3 is 0 Å². The molecule has 27 heavy (non-hydrogen) atoms. The summed E-state index contributed by atoms with van der Waals surface area (Å²) in [7, 11) is 0. The number of rotatable bonds is 3. The molecule has 2 radical (unpaired) electrons. The number of hydrogen-bond donors (Lipinski definition) is 0. The first-order chi connectivity index (χ1) is 10.8. The van der Waals surface area contributed by atoms with Gasteiger partial charge in [-0.3, -0.25) is 0 Å². The molecule has 0 aromatic rings. The van der Waals surface area contributed by atoms with Crippen LogP contribution in [-0.2, 0) is 65.4 Å². The van der Waals surface area contributed by atoms with Crippen molar-refractivity contribution in [2.75, 3.05) is 0 Å². The van der Waals surface area contributed by atoms with Crippen molar-refractivity contribution in [1.82, 2.24) is 0 Å². The van der Waals surface area contributed by atoms with E-state index >= 15 is 0 Å². The zero-order chi connectivity index (χ0) is 18.5. The predicted molar refractivity (Wildman–Crippen MR) is 126 cm³/mol. The van der Waals surface area contributed by atoms with Gasteiger partial charge in [-0.05, 0) is 5.41 Å². The van der Waals surface area contributed by atoms with Crippen LogP contribution in [0.2, 0.25) is 18.0 Å². The van der Waals surface area contributed by atoms with E-state index in [2.05, 4.69) is 41.5 Å². The molecule has 2 fully saturated rings. The molecule has 2 atom stereocenters. The van der Waals surface area contributed by atoms with E-state index in [1.54, 1.807) is 0 Å². The van der Waals surface area contributed by atoms with Crippen LogP contribution in [0.15, 0.2) is 0 Å². The third-order valence-corrected chi connectivity index (χ3v) is 4.53. The fraction of sp³-hybridized carbons (Fsp3) is 0.875. The Hall–Kier alpha value is 2.27. The van der Waals surface area contributed by atoms with Crippen LogP contribution in [0.3, 0.4) is 0 Å². The number of hydrogen-bond acceptors (Lipinski definition) is 0. The van der Waals surface area contributed by atoms with Crippen LogP contribution in [0.4, 0.5) is 0 Å². The summed E-state index contributed by atoms with van der Waals surface area (Å²) in [4.78, 5) is 0. The molecule has 0 aromatic carbocycles. The van der Waals surface area contributed by atoms with E-state index in [0.29, 0.717) is 5.41 Å². The minimum absolute atomic E-state index is 0. The van der Waals surface area contributed by atoms with Gasteiger partial charge in [0.25, 0.3) is 0 Å². The summed E-state index contributed by atoms with van der Waals surface area (Å²) in [6.07, 6.45) is 11.3. The second-order valence-electron chi connectivity index (χ2n) is 8.44. The molecule has 0 bridgehead atoms. The van der Waals surface area contributed by atoms with Crippen LogP contribution in [-0.4, -0.2) is 6.71 Å². The van der Waals surface area contributed by atoms with Crippen molar-refractivity contribution < 1.29 is 65.4 Å². The molecule has 0 spiro atoms. The summed E-state index contributed by atoms with van der Waals surface area (Å²) in [5, 5.41) is 0. The predicted octanol–water partition coefficient (Wildman–Crippen LogP) is 9.45. The monoisotopic (exact) mass is 531 g/mol. The van der Waals surface area contributed by atoms with Gasteiger partial charge in [-0.25, -0.2) is 6.32 Å². The smallest absolute Gasteiger partial charge is 0.116 e. The average Bonchev–Trinajstić information content (AvgIpc) is 3.15. The molecule has 0 N–H and O–H groups in total. The van der Waals surface area contributed by atoms with E-state index in [-0.39, 0.29) is 80.3 Å². The van der Waals surface area contributed by atoms with Crippen LogP contribution in [0.1, 0.15) is 108 Å². The standard InChI is InChI=1S/C13H23B.C5H12.2C2H6.CH4.CH3.2Y/c1-3-14(12-6-4-5-7-12)13-9-8-11(2)10-13;1-5(2,3)4;2*1-2;;;;/h11-13H,1-10H2;1-4H3;2*1-2H3;1H4;1H3;;/q-2;;;;;-1;;. The van der Waals surface area contributed by atoms with Crippen molar-refractivity contribution in [3.63, 3.8) is 0 Å². The van der Waals surface area contributed by atoms with Crippen LogP contribution >= 0.6 is 0 Å². The summed E-state index contributed by atoms with van der Waals surface area (Å²) in [6.45, 7) is 26.1. The fourth-order valence-corrected chi connectivity index (χ4v) is 3.74. The fourth-order valence-electron chi connectivity index (χ4n) is 3.74. The summed E-state index contributed by atoms with van der Waals surface area (Å²) in [5.74, 6) is 2.73. The van der Waals surface area contributed by atoms with Crippen LogP contribution < -0.4 is 0 Å². The molecule has 0 aromatic heterocycles. The van der Waals surface area contributed by atoms with Gasteiger partial charge in [-0.1, -0.05) is 119 Å². The van der Waals surface area contributed by atoms with Gasteiger partial charge in [-0.15, -0.1) is 0 Å². The molecule has 2 unspecified atom stereocenters. The zero-order valence-corrected chi connectivity index (χ0v) is 25.7. The zero-order valence-electron chi connectivity index (χ0n) is 20.0. The van der Waals surface area contributed by atoms with Crippen LogP contribution in [0.5, 0.6) is 0 Å². The molecular weight excluding hydrogens is 477 g/mol. The van der Waals surface area contributed by atoms with Gasteiger partial charge in [0.05, 0.1) is 0 Å². The Labute approximate surface area is 228 Å².